The molecule has 7 nitrogen and oxygen atoms in total. The van der Waals surface area contributed by atoms with Crippen molar-refractivity contribution in [3.05, 3.63) is 18.0 Å². The van der Waals surface area contributed by atoms with Gasteiger partial charge in [-0.3, -0.25) is 4.79 Å². The van der Waals surface area contributed by atoms with Crippen LogP contribution in [0.25, 0.3) is 11.0 Å². The van der Waals surface area contributed by atoms with E-state index in [-0.39, 0.29) is 23.1 Å². The molecule has 0 saturated heterocycles. The normalized spacial score (nSPS) is 24.7. The van der Waals surface area contributed by atoms with Crippen LogP contribution < -0.4 is 5.32 Å². The van der Waals surface area contributed by atoms with Crippen LogP contribution in [0, 0.1) is 0 Å². The molecule has 8 heteroatoms. The number of nitrogens with zero attached hydrogens (tertiary/aromatic N) is 3. The summed E-state index contributed by atoms with van der Waals surface area (Å²) in [5, 5.41) is 3.56. The molecule has 2 aromatic heterocycles. The fraction of sp³-hybridized carbons (Fsp3) is 0.500. The van der Waals surface area contributed by atoms with Crippen molar-refractivity contribution in [2.45, 2.75) is 42.9 Å². The Balaban J connectivity index is 1.98. The van der Waals surface area contributed by atoms with Gasteiger partial charge in [0.25, 0.3) is 5.91 Å². The topological polar surface area (TPSA) is 93.9 Å². The fourth-order valence-corrected chi connectivity index (χ4v) is 4.01. The van der Waals surface area contributed by atoms with E-state index in [4.69, 9.17) is 0 Å². The Kier molecular flexibility index (Phi) is 2.81. The number of hydrogen-bond donors (Lipinski definition) is 1. The Hall–Kier alpha value is -1.96. The first kappa shape index (κ1) is 13.7. The minimum atomic E-state index is -3.48. The molecule has 1 aliphatic heterocycles. The van der Waals surface area contributed by atoms with Crippen LogP contribution in [-0.4, -0.2) is 41.2 Å². The summed E-state index contributed by atoms with van der Waals surface area (Å²) in [6.07, 6.45) is 6.67. The van der Waals surface area contributed by atoms with E-state index in [1.165, 1.54) is 6.20 Å². The molecule has 1 saturated carbocycles. The molecule has 2 aromatic rings. The molecule has 3 heterocycles. The smallest absolute Gasteiger partial charge is 0.268 e. The molecule has 0 radical (unpaired) electrons. The molecule has 1 aliphatic carbocycles. The maximum atomic E-state index is 12.3. The number of hydrogen-bond acceptors (Lipinski definition) is 5. The van der Waals surface area contributed by atoms with Crippen LogP contribution in [0.1, 0.15) is 42.2 Å². The maximum Gasteiger partial charge on any atom is 0.268 e. The van der Waals surface area contributed by atoms with E-state index in [0.717, 1.165) is 31.9 Å². The summed E-state index contributed by atoms with van der Waals surface area (Å²) in [5.74, 6) is -0.123. The van der Waals surface area contributed by atoms with Crippen molar-refractivity contribution >= 4 is 26.8 Å². The Morgan fingerprint density at radius 3 is 2.86 bits per heavy atom. The van der Waals surface area contributed by atoms with Crippen LogP contribution >= 0.6 is 0 Å². The summed E-state index contributed by atoms with van der Waals surface area (Å²) in [6, 6.07) is 1.98. The van der Waals surface area contributed by atoms with E-state index in [1.54, 1.807) is 6.07 Å². The van der Waals surface area contributed by atoms with Gasteiger partial charge in [0.1, 0.15) is 11.3 Å². The first-order valence-corrected chi connectivity index (χ1v) is 9.23. The second-order valence-corrected chi connectivity index (χ2v) is 7.94. The molecule has 1 fully saturated rings. The van der Waals surface area contributed by atoms with Crippen molar-refractivity contribution < 1.29 is 13.2 Å². The van der Waals surface area contributed by atoms with Crippen LogP contribution in [0.3, 0.4) is 0 Å². The Morgan fingerprint density at radius 1 is 1.32 bits per heavy atom. The highest BCUT2D eigenvalue weighted by atomic mass is 32.2. The zero-order valence-corrected chi connectivity index (χ0v) is 12.9. The second kappa shape index (κ2) is 4.52. The molecule has 1 N–H and O–H groups in total. The number of nitrogens with one attached hydrogen (secondary N) is 1. The fourth-order valence-electron chi connectivity index (χ4n) is 3.51. The molecule has 116 valence electrons. The van der Waals surface area contributed by atoms with Gasteiger partial charge in [0.05, 0.1) is 6.04 Å². The molecule has 22 heavy (non-hydrogen) atoms. The predicted octanol–water partition coefficient (Wildman–Crippen LogP) is 1.06. The van der Waals surface area contributed by atoms with Gasteiger partial charge < -0.3 is 9.88 Å². The standard InChI is InChI=1S/C14H16N4O3S/c1-22(20,21)14-15-7-8-6-11-13(19)16-9-4-2-3-5-10(9)18(11)12(8)17-14/h6-7,9-10H,2-5H2,1H3,(H,16,19)/t9-,10-/m0/s1. The minimum Gasteiger partial charge on any atom is -0.346 e. The minimum absolute atomic E-state index is 0.0981. The van der Waals surface area contributed by atoms with Crippen molar-refractivity contribution in [2.24, 2.45) is 0 Å². The van der Waals surface area contributed by atoms with E-state index in [9.17, 15) is 13.2 Å². The highest BCUT2D eigenvalue weighted by Crippen LogP contribution is 2.36. The molecule has 0 aromatic carbocycles. The predicted molar refractivity (Wildman–Crippen MR) is 79.4 cm³/mol. The molecule has 0 unspecified atom stereocenters. The Bertz CT molecular complexity index is 887. The van der Waals surface area contributed by atoms with Crippen molar-refractivity contribution in [3.63, 3.8) is 0 Å². The van der Waals surface area contributed by atoms with Crippen molar-refractivity contribution in [2.75, 3.05) is 6.26 Å². The van der Waals surface area contributed by atoms with E-state index >= 15 is 0 Å². The van der Waals surface area contributed by atoms with Crippen molar-refractivity contribution in [1.82, 2.24) is 19.9 Å². The second-order valence-electron chi connectivity index (χ2n) is 6.04. The van der Waals surface area contributed by atoms with Crippen molar-refractivity contribution in [3.8, 4) is 0 Å². The zero-order chi connectivity index (χ0) is 15.5. The quantitative estimate of drug-likeness (QED) is 0.793. The van der Waals surface area contributed by atoms with Gasteiger partial charge in [-0.25, -0.2) is 13.4 Å². The lowest BCUT2D eigenvalue weighted by Crippen LogP contribution is -2.48. The van der Waals surface area contributed by atoms with Gasteiger partial charge >= 0.3 is 0 Å². The van der Waals surface area contributed by atoms with Gasteiger partial charge in [-0.2, -0.15) is 4.98 Å². The Labute approximate surface area is 127 Å². The maximum absolute atomic E-state index is 12.3. The summed E-state index contributed by atoms with van der Waals surface area (Å²) in [7, 11) is -3.48. The summed E-state index contributed by atoms with van der Waals surface area (Å²) >= 11 is 0. The molecular formula is C14H16N4O3S. The average Bonchev–Trinajstić information content (AvgIpc) is 2.86. The molecular weight excluding hydrogens is 304 g/mol. The lowest BCUT2D eigenvalue weighted by molar-refractivity contribution is 0.0855. The summed E-state index contributed by atoms with van der Waals surface area (Å²) in [5.41, 5.74) is 1.08. The number of sulfone groups is 1. The highest BCUT2D eigenvalue weighted by Gasteiger charge is 2.36. The van der Waals surface area contributed by atoms with Gasteiger partial charge in [-0.15, -0.1) is 0 Å². The van der Waals surface area contributed by atoms with Crippen LogP contribution in [0.4, 0.5) is 0 Å². The van der Waals surface area contributed by atoms with Gasteiger partial charge in [0.2, 0.25) is 15.0 Å². The third-order valence-electron chi connectivity index (χ3n) is 4.50. The first-order chi connectivity index (χ1) is 10.4. The lowest BCUT2D eigenvalue weighted by Gasteiger charge is -2.38. The third kappa shape index (κ3) is 1.93. The van der Waals surface area contributed by atoms with Crippen LogP contribution in [0.15, 0.2) is 17.4 Å². The Morgan fingerprint density at radius 2 is 2.09 bits per heavy atom. The van der Waals surface area contributed by atoms with E-state index in [1.807, 2.05) is 4.57 Å². The summed E-state index contributed by atoms with van der Waals surface area (Å²) in [4.78, 5) is 20.4. The number of carbonyl (C=O) groups excluding carboxylic acids is 1. The molecule has 0 spiro atoms. The van der Waals surface area contributed by atoms with Gasteiger partial charge in [-0.05, 0) is 18.9 Å². The average molecular weight is 320 g/mol. The van der Waals surface area contributed by atoms with Crippen LogP contribution in [0.2, 0.25) is 0 Å². The molecule has 2 aliphatic rings. The van der Waals surface area contributed by atoms with Crippen molar-refractivity contribution in [1.29, 1.82) is 0 Å². The number of aromatic nitrogens is 3. The van der Waals surface area contributed by atoms with Crippen LogP contribution in [-0.2, 0) is 9.84 Å². The zero-order valence-electron chi connectivity index (χ0n) is 12.1. The molecule has 2 atom stereocenters. The SMILES string of the molecule is CS(=O)(=O)c1ncc2cc3n(c2n1)[C@H]1CCCC[C@@H]1NC3=O. The number of rotatable bonds is 1. The van der Waals surface area contributed by atoms with Crippen LogP contribution in [0.5, 0.6) is 0 Å². The van der Waals surface area contributed by atoms with Gasteiger partial charge in [-0.1, -0.05) is 12.8 Å². The number of carbonyl (C=O) groups is 1. The summed E-state index contributed by atoms with van der Waals surface area (Å²) < 4.78 is 25.3. The van der Waals surface area contributed by atoms with Gasteiger partial charge in [0, 0.05) is 23.9 Å². The van der Waals surface area contributed by atoms with E-state index < -0.39 is 9.84 Å². The number of amides is 1. The number of fused-ring (bicyclic) bond motifs is 5. The molecule has 4 rings (SSSR count). The van der Waals surface area contributed by atoms with E-state index in [0.29, 0.717) is 16.7 Å². The molecule has 1 amide bonds. The van der Waals surface area contributed by atoms with E-state index in [2.05, 4.69) is 15.3 Å². The highest BCUT2D eigenvalue weighted by molar-refractivity contribution is 7.90. The largest absolute Gasteiger partial charge is 0.346 e. The van der Waals surface area contributed by atoms with Gasteiger partial charge in [0.15, 0.2) is 0 Å². The lowest BCUT2D eigenvalue weighted by atomic mass is 9.88. The first-order valence-electron chi connectivity index (χ1n) is 7.34. The monoisotopic (exact) mass is 320 g/mol. The summed E-state index contributed by atoms with van der Waals surface area (Å²) in [6.45, 7) is 0. The molecule has 0 bridgehead atoms. The third-order valence-corrected chi connectivity index (χ3v) is 5.36.